The zero-order valence-corrected chi connectivity index (χ0v) is 12.8. The largest absolute Gasteiger partial charge is 0.486 e. The number of fused-ring (bicyclic) bond motifs is 1. The summed E-state index contributed by atoms with van der Waals surface area (Å²) < 4.78 is 15.4. The summed E-state index contributed by atoms with van der Waals surface area (Å²) in [6.45, 7) is 1.27. The van der Waals surface area contributed by atoms with Gasteiger partial charge in [-0.1, -0.05) is 17.3 Å². The van der Waals surface area contributed by atoms with Gasteiger partial charge in [-0.25, -0.2) is 4.98 Å². The van der Waals surface area contributed by atoms with Gasteiger partial charge in [0.2, 0.25) is 0 Å². The predicted octanol–water partition coefficient (Wildman–Crippen LogP) is 1.91. The molecule has 0 amide bonds. The van der Waals surface area contributed by atoms with Gasteiger partial charge in [-0.3, -0.25) is 4.68 Å². The van der Waals surface area contributed by atoms with E-state index in [1.807, 2.05) is 53.0 Å². The third-order valence-corrected chi connectivity index (χ3v) is 3.84. The monoisotopic (exact) mass is 311 g/mol. The summed E-state index contributed by atoms with van der Waals surface area (Å²) in [5, 5.41) is 8.34. The van der Waals surface area contributed by atoms with Crippen LogP contribution in [-0.4, -0.2) is 37.3 Å². The molecule has 0 N–H and O–H groups in total. The Morgan fingerprint density at radius 3 is 2.96 bits per heavy atom. The number of aryl methyl sites for hydroxylation is 2. The minimum atomic E-state index is 0.0192. The summed E-state index contributed by atoms with van der Waals surface area (Å²) in [6, 6.07) is 7.73. The van der Waals surface area contributed by atoms with Crippen LogP contribution in [0.4, 0.5) is 0 Å². The van der Waals surface area contributed by atoms with Crippen molar-refractivity contribution in [3.05, 3.63) is 42.9 Å². The molecule has 23 heavy (non-hydrogen) atoms. The molecule has 1 unspecified atom stereocenters. The van der Waals surface area contributed by atoms with Crippen molar-refractivity contribution in [1.29, 1.82) is 0 Å². The first-order valence-electron chi connectivity index (χ1n) is 7.56. The summed E-state index contributed by atoms with van der Waals surface area (Å²) >= 11 is 0. The van der Waals surface area contributed by atoms with Gasteiger partial charge in [-0.05, 0) is 12.1 Å². The van der Waals surface area contributed by atoms with E-state index >= 15 is 0 Å². The topological polar surface area (TPSA) is 67.0 Å². The molecule has 118 valence electrons. The van der Waals surface area contributed by atoms with Crippen molar-refractivity contribution in [2.75, 3.05) is 6.61 Å². The van der Waals surface area contributed by atoms with E-state index in [1.165, 1.54) is 0 Å². The fourth-order valence-electron chi connectivity index (χ4n) is 2.60. The summed E-state index contributed by atoms with van der Waals surface area (Å²) in [6.07, 6.45) is 6.36. The van der Waals surface area contributed by atoms with Crippen molar-refractivity contribution in [3.63, 3.8) is 0 Å². The molecule has 1 atom stereocenters. The molecule has 0 spiro atoms. The van der Waals surface area contributed by atoms with Crippen LogP contribution in [0.5, 0.6) is 11.5 Å². The van der Waals surface area contributed by atoms with E-state index in [4.69, 9.17) is 9.47 Å². The standard InChI is InChI=1S/C16H17N5O2/c1-20-9-7-17-16(20)13-10-21(19-18-13)8-6-12-11-22-14-4-2-3-5-15(14)23-12/h2-5,7,9-10,12H,6,8,11H2,1H3. The van der Waals surface area contributed by atoms with Crippen LogP contribution in [0.25, 0.3) is 11.5 Å². The Kier molecular flexibility index (Phi) is 3.45. The molecule has 3 aromatic rings. The number of nitrogens with zero attached hydrogens (tertiary/aromatic N) is 5. The van der Waals surface area contributed by atoms with Gasteiger partial charge in [0.05, 0.1) is 6.20 Å². The maximum atomic E-state index is 5.95. The van der Waals surface area contributed by atoms with Gasteiger partial charge in [0.15, 0.2) is 17.3 Å². The molecule has 0 saturated heterocycles. The Morgan fingerprint density at radius 1 is 1.26 bits per heavy atom. The fraction of sp³-hybridized carbons (Fsp3) is 0.312. The highest BCUT2D eigenvalue weighted by Gasteiger charge is 2.20. The van der Waals surface area contributed by atoms with Gasteiger partial charge in [0, 0.05) is 32.4 Å². The van der Waals surface area contributed by atoms with Crippen LogP contribution in [-0.2, 0) is 13.6 Å². The lowest BCUT2D eigenvalue weighted by molar-refractivity contribution is 0.0807. The van der Waals surface area contributed by atoms with Crippen LogP contribution in [0, 0.1) is 0 Å². The van der Waals surface area contributed by atoms with Crippen LogP contribution in [0.3, 0.4) is 0 Å². The highest BCUT2D eigenvalue weighted by Crippen LogP contribution is 2.31. The molecule has 3 heterocycles. The second-order valence-corrected chi connectivity index (χ2v) is 5.51. The Labute approximate surface area is 133 Å². The molecule has 0 bridgehead atoms. The number of aromatic nitrogens is 5. The zero-order chi connectivity index (χ0) is 15.6. The lowest BCUT2D eigenvalue weighted by atomic mass is 10.2. The molecular formula is C16H17N5O2. The Bertz CT molecular complexity index is 810. The van der Waals surface area contributed by atoms with Crippen molar-refractivity contribution in [2.45, 2.75) is 19.1 Å². The summed E-state index contributed by atoms with van der Waals surface area (Å²) in [4.78, 5) is 4.28. The highest BCUT2D eigenvalue weighted by atomic mass is 16.6. The highest BCUT2D eigenvalue weighted by molar-refractivity contribution is 5.47. The number of rotatable bonds is 4. The van der Waals surface area contributed by atoms with E-state index in [0.717, 1.165) is 29.4 Å². The Morgan fingerprint density at radius 2 is 2.13 bits per heavy atom. The zero-order valence-electron chi connectivity index (χ0n) is 12.8. The van der Waals surface area contributed by atoms with Crippen molar-refractivity contribution >= 4 is 0 Å². The fourth-order valence-corrected chi connectivity index (χ4v) is 2.60. The van der Waals surface area contributed by atoms with Crippen molar-refractivity contribution in [2.24, 2.45) is 7.05 Å². The van der Waals surface area contributed by atoms with Gasteiger partial charge in [-0.2, -0.15) is 0 Å². The van der Waals surface area contributed by atoms with Crippen molar-refractivity contribution < 1.29 is 9.47 Å². The van der Waals surface area contributed by atoms with E-state index in [-0.39, 0.29) is 6.10 Å². The number of para-hydroxylation sites is 2. The first-order chi connectivity index (χ1) is 11.3. The third-order valence-electron chi connectivity index (χ3n) is 3.84. The van der Waals surface area contributed by atoms with Gasteiger partial charge in [-0.15, -0.1) is 5.10 Å². The minimum Gasteiger partial charge on any atom is -0.486 e. The van der Waals surface area contributed by atoms with E-state index in [0.29, 0.717) is 13.2 Å². The number of hydrogen-bond donors (Lipinski definition) is 0. The minimum absolute atomic E-state index is 0.0192. The number of benzene rings is 1. The van der Waals surface area contributed by atoms with Crippen LogP contribution in [0.1, 0.15) is 6.42 Å². The quantitative estimate of drug-likeness (QED) is 0.736. The number of ether oxygens (including phenoxy) is 2. The van der Waals surface area contributed by atoms with Crippen LogP contribution >= 0.6 is 0 Å². The maximum Gasteiger partial charge on any atom is 0.161 e. The molecule has 4 rings (SSSR count). The molecule has 0 fully saturated rings. The first-order valence-corrected chi connectivity index (χ1v) is 7.56. The van der Waals surface area contributed by atoms with Gasteiger partial charge < -0.3 is 14.0 Å². The van der Waals surface area contributed by atoms with Crippen LogP contribution in [0.15, 0.2) is 42.9 Å². The van der Waals surface area contributed by atoms with Gasteiger partial charge >= 0.3 is 0 Å². The second-order valence-electron chi connectivity index (χ2n) is 5.51. The number of imidazole rings is 1. The molecule has 0 saturated carbocycles. The van der Waals surface area contributed by atoms with Crippen molar-refractivity contribution in [3.8, 4) is 23.0 Å². The summed E-state index contributed by atoms with van der Waals surface area (Å²) in [5.74, 6) is 2.42. The van der Waals surface area contributed by atoms with Gasteiger partial charge in [0.1, 0.15) is 18.4 Å². The lowest BCUT2D eigenvalue weighted by Gasteiger charge is -2.26. The first kappa shape index (κ1) is 13.8. The lowest BCUT2D eigenvalue weighted by Crippen LogP contribution is -2.30. The molecule has 7 nitrogen and oxygen atoms in total. The predicted molar refractivity (Wildman–Crippen MR) is 83.2 cm³/mol. The Balaban J connectivity index is 1.39. The average Bonchev–Trinajstić information content (AvgIpc) is 3.21. The normalized spacial score (nSPS) is 16.5. The molecule has 0 aliphatic carbocycles. The van der Waals surface area contributed by atoms with Crippen LogP contribution < -0.4 is 9.47 Å². The van der Waals surface area contributed by atoms with E-state index in [1.54, 1.807) is 6.20 Å². The van der Waals surface area contributed by atoms with Crippen LogP contribution in [0.2, 0.25) is 0 Å². The summed E-state index contributed by atoms with van der Waals surface area (Å²) in [7, 11) is 1.94. The smallest absolute Gasteiger partial charge is 0.161 e. The SMILES string of the molecule is Cn1ccnc1-c1cn(CCC2COc3ccccc3O2)nn1. The third kappa shape index (κ3) is 2.77. The molecule has 0 radical (unpaired) electrons. The molecule has 1 aliphatic rings. The van der Waals surface area contributed by atoms with Gasteiger partial charge in [0.25, 0.3) is 0 Å². The molecule has 1 aromatic carbocycles. The molecule has 1 aliphatic heterocycles. The number of hydrogen-bond acceptors (Lipinski definition) is 5. The molecule has 2 aromatic heterocycles. The Hall–Kier alpha value is -2.83. The second kappa shape index (κ2) is 5.75. The van der Waals surface area contributed by atoms with E-state index in [9.17, 15) is 0 Å². The average molecular weight is 311 g/mol. The summed E-state index contributed by atoms with van der Waals surface area (Å²) in [5.41, 5.74) is 0.767. The van der Waals surface area contributed by atoms with Crippen molar-refractivity contribution in [1.82, 2.24) is 24.5 Å². The van der Waals surface area contributed by atoms with E-state index < -0.39 is 0 Å². The molecular weight excluding hydrogens is 294 g/mol. The van der Waals surface area contributed by atoms with E-state index in [2.05, 4.69) is 15.3 Å². The maximum absolute atomic E-state index is 5.95. The molecule has 7 heteroatoms.